The number of nitrogens with zero attached hydrogens (tertiary/aromatic N) is 1. The van der Waals surface area contributed by atoms with Gasteiger partial charge in [0.05, 0.1) is 23.2 Å². The Morgan fingerprint density at radius 2 is 1.86 bits per heavy atom. The van der Waals surface area contributed by atoms with Gasteiger partial charge < -0.3 is 4.74 Å². The number of aromatic nitrogens is 1. The molecule has 0 saturated heterocycles. The van der Waals surface area contributed by atoms with Crippen LogP contribution in [0.25, 0.3) is 0 Å². The molecule has 2 aromatic rings. The lowest BCUT2D eigenvalue weighted by Crippen LogP contribution is -2.41. The van der Waals surface area contributed by atoms with Crippen LogP contribution in [-0.2, 0) is 15.6 Å². The van der Waals surface area contributed by atoms with Crippen molar-refractivity contribution in [3.8, 4) is 5.75 Å². The zero-order chi connectivity index (χ0) is 16.2. The van der Waals surface area contributed by atoms with Crippen molar-refractivity contribution in [3.63, 3.8) is 0 Å². The molecule has 0 unspecified atom stereocenters. The third-order valence-corrected chi connectivity index (χ3v) is 4.87. The van der Waals surface area contributed by atoms with Gasteiger partial charge in [-0.1, -0.05) is 18.2 Å². The average Bonchev–Trinajstić information content (AvgIpc) is 2.48. The van der Waals surface area contributed by atoms with Gasteiger partial charge in [0.2, 0.25) is 10.0 Å². The van der Waals surface area contributed by atoms with Crippen LogP contribution in [0, 0.1) is 0 Å². The molecule has 0 aliphatic heterocycles. The fourth-order valence-corrected chi connectivity index (χ4v) is 3.63. The first-order valence-electron chi connectivity index (χ1n) is 7.03. The maximum Gasteiger partial charge on any atom is 0.241 e. The Balaban J connectivity index is 2.36. The van der Waals surface area contributed by atoms with Crippen molar-refractivity contribution in [2.75, 3.05) is 6.61 Å². The fraction of sp³-hybridized carbons (Fsp3) is 0.312. The Kier molecular flexibility index (Phi) is 4.83. The molecule has 0 bridgehead atoms. The number of hydrogen-bond acceptors (Lipinski definition) is 4. The summed E-state index contributed by atoms with van der Waals surface area (Å²) >= 11 is 0. The molecule has 0 radical (unpaired) electrons. The lowest BCUT2D eigenvalue weighted by molar-refractivity contribution is 0.323. The molecular formula is C16H20N2O3S. The first-order chi connectivity index (χ1) is 10.4. The smallest absolute Gasteiger partial charge is 0.241 e. The first-order valence-corrected chi connectivity index (χ1v) is 8.51. The number of benzene rings is 1. The van der Waals surface area contributed by atoms with Gasteiger partial charge in [-0.15, -0.1) is 0 Å². The SMILES string of the molecule is CCOc1cnccc1C(C)(C)NS(=O)(=O)c1ccccc1. The Bertz CT molecular complexity index is 728. The van der Waals surface area contributed by atoms with Gasteiger partial charge in [0, 0.05) is 11.8 Å². The van der Waals surface area contributed by atoms with Gasteiger partial charge in [-0.25, -0.2) is 13.1 Å². The molecule has 0 spiro atoms. The second-order valence-electron chi connectivity index (χ2n) is 5.35. The molecule has 0 amide bonds. The lowest BCUT2D eigenvalue weighted by Gasteiger charge is -2.28. The van der Waals surface area contributed by atoms with E-state index < -0.39 is 15.6 Å². The van der Waals surface area contributed by atoms with Crippen LogP contribution in [0.1, 0.15) is 26.3 Å². The minimum Gasteiger partial charge on any atom is -0.492 e. The standard InChI is InChI=1S/C16H20N2O3S/c1-4-21-15-12-17-11-10-14(15)16(2,3)18-22(19,20)13-8-6-5-7-9-13/h5-12,18H,4H2,1-3H3. The predicted molar refractivity (Wildman–Crippen MR) is 85.2 cm³/mol. The third-order valence-electron chi connectivity index (χ3n) is 3.20. The van der Waals surface area contributed by atoms with Crippen LogP contribution in [0.2, 0.25) is 0 Å². The second-order valence-corrected chi connectivity index (χ2v) is 7.03. The van der Waals surface area contributed by atoms with Crippen LogP contribution in [0.5, 0.6) is 5.75 Å². The second kappa shape index (κ2) is 6.46. The summed E-state index contributed by atoms with van der Waals surface area (Å²) in [6, 6.07) is 10.1. The van der Waals surface area contributed by atoms with Crippen molar-refractivity contribution in [2.45, 2.75) is 31.2 Å². The van der Waals surface area contributed by atoms with E-state index in [1.807, 2.05) is 6.92 Å². The summed E-state index contributed by atoms with van der Waals surface area (Å²) in [5.74, 6) is 0.575. The van der Waals surface area contributed by atoms with Crippen LogP contribution >= 0.6 is 0 Å². The molecule has 1 N–H and O–H groups in total. The summed E-state index contributed by atoms with van der Waals surface area (Å²) in [6.45, 7) is 5.95. The minimum absolute atomic E-state index is 0.232. The molecule has 118 valence electrons. The van der Waals surface area contributed by atoms with E-state index in [1.54, 1.807) is 62.6 Å². The van der Waals surface area contributed by atoms with Gasteiger partial charge in [-0.2, -0.15) is 0 Å². The van der Waals surface area contributed by atoms with Crippen LogP contribution in [0.15, 0.2) is 53.7 Å². The van der Waals surface area contributed by atoms with E-state index >= 15 is 0 Å². The molecular weight excluding hydrogens is 300 g/mol. The summed E-state index contributed by atoms with van der Waals surface area (Å²) in [6.07, 6.45) is 3.22. The van der Waals surface area contributed by atoms with Gasteiger partial charge in [0.15, 0.2) is 0 Å². The van der Waals surface area contributed by atoms with Crippen molar-refractivity contribution in [1.82, 2.24) is 9.71 Å². The number of hydrogen-bond donors (Lipinski definition) is 1. The summed E-state index contributed by atoms with van der Waals surface area (Å²) in [7, 11) is -3.62. The number of sulfonamides is 1. The molecule has 6 heteroatoms. The zero-order valence-electron chi connectivity index (χ0n) is 12.9. The van der Waals surface area contributed by atoms with Crippen LogP contribution < -0.4 is 9.46 Å². The van der Waals surface area contributed by atoms with E-state index in [1.165, 1.54) is 0 Å². The summed E-state index contributed by atoms with van der Waals surface area (Å²) in [5.41, 5.74) is -0.0916. The fourth-order valence-electron chi connectivity index (χ4n) is 2.22. The van der Waals surface area contributed by atoms with E-state index in [0.717, 1.165) is 5.56 Å². The largest absolute Gasteiger partial charge is 0.492 e. The first kappa shape index (κ1) is 16.5. The summed E-state index contributed by atoms with van der Waals surface area (Å²) in [5, 5.41) is 0. The van der Waals surface area contributed by atoms with E-state index in [4.69, 9.17) is 4.74 Å². The number of nitrogens with one attached hydrogen (secondary N) is 1. The number of rotatable bonds is 6. The van der Waals surface area contributed by atoms with Crippen LogP contribution in [0.3, 0.4) is 0 Å². The van der Waals surface area contributed by atoms with Gasteiger partial charge in [-0.05, 0) is 39.0 Å². The Morgan fingerprint density at radius 3 is 2.50 bits per heavy atom. The summed E-state index contributed by atoms with van der Waals surface area (Å²) in [4.78, 5) is 4.26. The van der Waals surface area contributed by atoms with E-state index in [9.17, 15) is 8.42 Å². The Hall–Kier alpha value is -1.92. The van der Waals surface area contributed by atoms with Crippen LogP contribution in [-0.4, -0.2) is 20.0 Å². The Morgan fingerprint density at radius 1 is 1.18 bits per heavy atom. The topological polar surface area (TPSA) is 68.3 Å². The molecule has 0 atom stereocenters. The van der Waals surface area contributed by atoms with Crippen LogP contribution in [0.4, 0.5) is 0 Å². The van der Waals surface area contributed by atoms with Gasteiger partial charge >= 0.3 is 0 Å². The molecule has 0 fully saturated rings. The normalized spacial score (nSPS) is 12.1. The van der Waals surface area contributed by atoms with Gasteiger partial charge in [0.1, 0.15) is 5.75 Å². The average molecular weight is 320 g/mol. The number of pyridine rings is 1. The highest BCUT2D eigenvalue weighted by Crippen LogP contribution is 2.30. The van der Waals surface area contributed by atoms with E-state index in [2.05, 4.69) is 9.71 Å². The van der Waals surface area contributed by atoms with Gasteiger partial charge in [0.25, 0.3) is 0 Å². The van der Waals surface area contributed by atoms with E-state index in [0.29, 0.717) is 12.4 Å². The van der Waals surface area contributed by atoms with Crippen molar-refractivity contribution in [3.05, 3.63) is 54.4 Å². The van der Waals surface area contributed by atoms with E-state index in [-0.39, 0.29) is 4.90 Å². The molecule has 0 aliphatic carbocycles. The number of ether oxygens (including phenoxy) is 1. The highest BCUT2D eigenvalue weighted by atomic mass is 32.2. The van der Waals surface area contributed by atoms with Gasteiger partial charge in [-0.3, -0.25) is 4.98 Å². The molecule has 22 heavy (non-hydrogen) atoms. The molecule has 1 aromatic carbocycles. The quantitative estimate of drug-likeness (QED) is 0.888. The highest BCUT2D eigenvalue weighted by molar-refractivity contribution is 7.89. The van der Waals surface area contributed by atoms with Crippen molar-refractivity contribution < 1.29 is 13.2 Å². The monoisotopic (exact) mass is 320 g/mol. The predicted octanol–water partition coefficient (Wildman–Crippen LogP) is 2.69. The summed E-state index contributed by atoms with van der Waals surface area (Å²) < 4.78 is 33.3. The zero-order valence-corrected chi connectivity index (χ0v) is 13.7. The van der Waals surface area contributed by atoms with Crippen molar-refractivity contribution in [2.24, 2.45) is 0 Å². The molecule has 1 heterocycles. The molecule has 1 aromatic heterocycles. The molecule has 0 aliphatic rings. The molecule has 0 saturated carbocycles. The maximum absolute atomic E-state index is 12.5. The molecule has 2 rings (SSSR count). The lowest BCUT2D eigenvalue weighted by atomic mass is 9.96. The highest BCUT2D eigenvalue weighted by Gasteiger charge is 2.30. The third kappa shape index (κ3) is 3.64. The maximum atomic E-state index is 12.5. The molecule has 5 nitrogen and oxygen atoms in total. The van der Waals surface area contributed by atoms with Crippen molar-refractivity contribution >= 4 is 10.0 Å². The van der Waals surface area contributed by atoms with Crippen molar-refractivity contribution in [1.29, 1.82) is 0 Å². The minimum atomic E-state index is -3.62. The Labute approximate surface area is 131 Å².